The molecule has 1 aromatic carbocycles. The van der Waals surface area contributed by atoms with Crippen molar-refractivity contribution in [1.29, 1.82) is 0 Å². The molecular weight excluding hydrogens is 242 g/mol. The van der Waals surface area contributed by atoms with E-state index in [9.17, 15) is 0 Å². The molecule has 104 valence electrons. The standard InChI is InChI=1S/C15H21NO3/c1-17-14-8-11(15(10-16)5-6-15)2-3-13(14)19-12-4-7-18-9-12/h2-3,8,12H,4-7,9-10,16H2,1H3. The molecule has 0 amide bonds. The van der Waals surface area contributed by atoms with E-state index < -0.39 is 0 Å². The summed E-state index contributed by atoms with van der Waals surface area (Å²) < 4.78 is 16.7. The van der Waals surface area contributed by atoms with Crippen LogP contribution in [-0.2, 0) is 10.2 Å². The number of hydrogen-bond donors (Lipinski definition) is 1. The summed E-state index contributed by atoms with van der Waals surface area (Å²) in [5.41, 5.74) is 7.32. The number of nitrogens with two attached hydrogens (primary N) is 1. The predicted molar refractivity (Wildman–Crippen MR) is 72.8 cm³/mol. The summed E-state index contributed by atoms with van der Waals surface area (Å²) in [5.74, 6) is 1.60. The Morgan fingerprint density at radius 2 is 2.21 bits per heavy atom. The molecule has 1 heterocycles. The normalized spacial score (nSPS) is 24.2. The molecule has 1 aromatic rings. The average Bonchev–Trinajstić information content (AvgIpc) is 3.09. The number of benzene rings is 1. The van der Waals surface area contributed by atoms with E-state index in [-0.39, 0.29) is 11.5 Å². The molecule has 1 atom stereocenters. The number of methoxy groups -OCH3 is 1. The van der Waals surface area contributed by atoms with Crippen molar-refractivity contribution in [2.45, 2.75) is 30.8 Å². The van der Waals surface area contributed by atoms with Crippen molar-refractivity contribution in [1.82, 2.24) is 0 Å². The summed E-state index contributed by atoms with van der Waals surface area (Å²) in [6.07, 6.45) is 3.42. The molecule has 1 saturated carbocycles. The molecule has 1 unspecified atom stereocenters. The van der Waals surface area contributed by atoms with Gasteiger partial charge in [-0.1, -0.05) is 6.07 Å². The fourth-order valence-electron chi connectivity index (χ4n) is 2.64. The lowest BCUT2D eigenvalue weighted by molar-refractivity contribution is 0.138. The summed E-state index contributed by atoms with van der Waals surface area (Å²) >= 11 is 0. The summed E-state index contributed by atoms with van der Waals surface area (Å²) in [7, 11) is 1.68. The Hall–Kier alpha value is -1.26. The van der Waals surface area contributed by atoms with Gasteiger partial charge in [-0.3, -0.25) is 0 Å². The van der Waals surface area contributed by atoms with E-state index in [4.69, 9.17) is 19.9 Å². The summed E-state index contributed by atoms with van der Waals surface area (Å²) in [5, 5.41) is 0. The first kappa shape index (κ1) is 12.8. The minimum Gasteiger partial charge on any atom is -0.493 e. The quantitative estimate of drug-likeness (QED) is 0.881. The Bertz CT molecular complexity index is 451. The summed E-state index contributed by atoms with van der Waals surface area (Å²) in [4.78, 5) is 0. The van der Waals surface area contributed by atoms with Gasteiger partial charge in [0.05, 0.1) is 20.3 Å². The maximum atomic E-state index is 5.94. The molecule has 3 rings (SSSR count). The minimum absolute atomic E-state index is 0.143. The zero-order chi connectivity index (χ0) is 13.3. The number of ether oxygens (including phenoxy) is 3. The van der Waals surface area contributed by atoms with Gasteiger partial charge in [0.25, 0.3) is 0 Å². The van der Waals surface area contributed by atoms with Crippen LogP contribution in [-0.4, -0.2) is 33.0 Å². The van der Waals surface area contributed by atoms with E-state index in [0.29, 0.717) is 13.2 Å². The van der Waals surface area contributed by atoms with Gasteiger partial charge in [-0.2, -0.15) is 0 Å². The molecule has 4 nitrogen and oxygen atoms in total. The largest absolute Gasteiger partial charge is 0.493 e. The van der Waals surface area contributed by atoms with Crippen molar-refractivity contribution in [3.05, 3.63) is 23.8 Å². The molecule has 0 radical (unpaired) electrons. The van der Waals surface area contributed by atoms with Gasteiger partial charge in [-0.25, -0.2) is 0 Å². The molecule has 19 heavy (non-hydrogen) atoms. The lowest BCUT2D eigenvalue weighted by atomic mass is 9.96. The van der Waals surface area contributed by atoms with Crippen molar-refractivity contribution >= 4 is 0 Å². The zero-order valence-corrected chi connectivity index (χ0v) is 11.4. The Morgan fingerprint density at radius 1 is 1.37 bits per heavy atom. The van der Waals surface area contributed by atoms with Gasteiger partial charge in [-0.05, 0) is 30.5 Å². The van der Waals surface area contributed by atoms with Crippen LogP contribution in [0.5, 0.6) is 11.5 Å². The van der Waals surface area contributed by atoms with E-state index in [0.717, 1.165) is 24.5 Å². The molecule has 2 aliphatic rings. The minimum atomic E-state index is 0.143. The molecule has 4 heteroatoms. The molecule has 2 N–H and O–H groups in total. The highest BCUT2D eigenvalue weighted by molar-refractivity contribution is 5.47. The molecule has 0 bridgehead atoms. The summed E-state index contributed by atoms with van der Waals surface area (Å²) in [6, 6.07) is 6.20. The van der Waals surface area contributed by atoms with Crippen LogP contribution in [0.4, 0.5) is 0 Å². The van der Waals surface area contributed by atoms with Crippen LogP contribution in [0.25, 0.3) is 0 Å². The van der Waals surface area contributed by atoms with E-state index in [1.165, 1.54) is 18.4 Å². The Morgan fingerprint density at radius 3 is 2.79 bits per heavy atom. The van der Waals surface area contributed by atoms with Gasteiger partial charge >= 0.3 is 0 Å². The van der Waals surface area contributed by atoms with Crippen molar-refractivity contribution in [3.8, 4) is 11.5 Å². The van der Waals surface area contributed by atoms with Crippen LogP contribution in [0, 0.1) is 0 Å². The molecule has 2 fully saturated rings. The van der Waals surface area contributed by atoms with Crippen molar-refractivity contribution in [3.63, 3.8) is 0 Å². The third-order valence-electron chi connectivity index (χ3n) is 4.20. The first-order valence-electron chi connectivity index (χ1n) is 6.90. The Balaban J connectivity index is 1.81. The maximum Gasteiger partial charge on any atom is 0.161 e. The highest BCUT2D eigenvalue weighted by Gasteiger charge is 2.43. The Kier molecular flexibility index (Phi) is 3.37. The molecule has 0 aromatic heterocycles. The van der Waals surface area contributed by atoms with Crippen LogP contribution in [0.1, 0.15) is 24.8 Å². The van der Waals surface area contributed by atoms with E-state index in [1.807, 2.05) is 6.07 Å². The van der Waals surface area contributed by atoms with Gasteiger partial charge in [0, 0.05) is 18.4 Å². The highest BCUT2D eigenvalue weighted by Crippen LogP contribution is 2.49. The second kappa shape index (κ2) is 5.02. The topological polar surface area (TPSA) is 53.7 Å². The van der Waals surface area contributed by atoms with E-state index >= 15 is 0 Å². The fourth-order valence-corrected chi connectivity index (χ4v) is 2.64. The van der Waals surface area contributed by atoms with Crippen molar-refractivity contribution < 1.29 is 14.2 Å². The second-order valence-corrected chi connectivity index (χ2v) is 5.45. The van der Waals surface area contributed by atoms with Gasteiger partial charge in [-0.15, -0.1) is 0 Å². The smallest absolute Gasteiger partial charge is 0.161 e. The van der Waals surface area contributed by atoms with Gasteiger partial charge in [0.1, 0.15) is 6.10 Å². The molecule has 0 spiro atoms. The first-order valence-corrected chi connectivity index (χ1v) is 6.90. The lowest BCUT2D eigenvalue weighted by Gasteiger charge is -2.18. The van der Waals surface area contributed by atoms with Crippen LogP contribution in [0.2, 0.25) is 0 Å². The third-order valence-corrected chi connectivity index (χ3v) is 4.20. The van der Waals surface area contributed by atoms with Crippen molar-refractivity contribution in [2.75, 3.05) is 26.9 Å². The SMILES string of the molecule is COc1cc(C2(CN)CC2)ccc1OC1CCOC1. The highest BCUT2D eigenvalue weighted by atomic mass is 16.6. The van der Waals surface area contributed by atoms with Gasteiger partial charge in [0.2, 0.25) is 0 Å². The van der Waals surface area contributed by atoms with E-state index in [1.54, 1.807) is 7.11 Å². The van der Waals surface area contributed by atoms with Crippen LogP contribution in [0.15, 0.2) is 18.2 Å². The zero-order valence-electron chi connectivity index (χ0n) is 11.4. The fraction of sp³-hybridized carbons (Fsp3) is 0.600. The van der Waals surface area contributed by atoms with Crippen LogP contribution in [0.3, 0.4) is 0 Å². The van der Waals surface area contributed by atoms with Gasteiger partial charge < -0.3 is 19.9 Å². The van der Waals surface area contributed by atoms with Crippen molar-refractivity contribution in [2.24, 2.45) is 5.73 Å². The predicted octanol–water partition coefficient (Wildman–Crippen LogP) is 1.85. The van der Waals surface area contributed by atoms with Gasteiger partial charge in [0.15, 0.2) is 11.5 Å². The van der Waals surface area contributed by atoms with Crippen LogP contribution >= 0.6 is 0 Å². The Labute approximate surface area is 113 Å². The van der Waals surface area contributed by atoms with Crippen LogP contribution < -0.4 is 15.2 Å². The number of hydrogen-bond acceptors (Lipinski definition) is 4. The molecule has 1 aliphatic carbocycles. The maximum absolute atomic E-state index is 5.94. The number of rotatable bonds is 5. The lowest BCUT2D eigenvalue weighted by Crippen LogP contribution is -2.20. The third kappa shape index (κ3) is 2.42. The molecular formula is C15H21NO3. The molecule has 1 aliphatic heterocycles. The van der Waals surface area contributed by atoms with E-state index in [2.05, 4.69) is 12.1 Å². The molecule has 1 saturated heterocycles. The first-order chi connectivity index (χ1) is 9.27. The average molecular weight is 263 g/mol. The monoisotopic (exact) mass is 263 g/mol. The summed E-state index contributed by atoms with van der Waals surface area (Å²) in [6.45, 7) is 2.14. The second-order valence-electron chi connectivity index (χ2n) is 5.45.